The summed E-state index contributed by atoms with van der Waals surface area (Å²) >= 11 is 1.41. The van der Waals surface area contributed by atoms with E-state index >= 15 is 0 Å². The van der Waals surface area contributed by atoms with Crippen molar-refractivity contribution in [3.05, 3.63) is 59.2 Å². The lowest BCUT2D eigenvalue weighted by Crippen LogP contribution is -2.38. The second-order valence-electron chi connectivity index (χ2n) is 8.12. The minimum absolute atomic E-state index is 0.0614. The van der Waals surface area contributed by atoms with Crippen molar-refractivity contribution in [1.29, 1.82) is 0 Å². The van der Waals surface area contributed by atoms with Gasteiger partial charge in [-0.3, -0.25) is 9.36 Å². The number of morpholine rings is 1. The van der Waals surface area contributed by atoms with Crippen molar-refractivity contribution in [2.45, 2.75) is 38.1 Å². The molecule has 4 rings (SSSR count). The Hall–Kier alpha value is -2.84. The van der Waals surface area contributed by atoms with Crippen LogP contribution in [0.25, 0.3) is 5.69 Å². The molecule has 1 atom stereocenters. The first kappa shape index (κ1) is 22.4. The molecule has 1 unspecified atom stereocenters. The molecule has 1 amide bonds. The third-order valence-electron chi connectivity index (χ3n) is 5.46. The van der Waals surface area contributed by atoms with Crippen LogP contribution >= 0.6 is 11.8 Å². The number of hydrogen-bond acceptors (Lipinski definition) is 6. The summed E-state index contributed by atoms with van der Waals surface area (Å²) in [5, 5.41) is 12.4. The molecule has 0 radical (unpaired) electrons. The molecular weight excluding hydrogens is 422 g/mol. The Labute approximate surface area is 193 Å². The number of aryl methyl sites for hydroxylation is 3. The van der Waals surface area contributed by atoms with Gasteiger partial charge >= 0.3 is 0 Å². The fourth-order valence-corrected chi connectivity index (χ4v) is 4.56. The van der Waals surface area contributed by atoms with Gasteiger partial charge in [-0.15, -0.1) is 10.2 Å². The highest BCUT2D eigenvalue weighted by Gasteiger charge is 2.25. The van der Waals surface area contributed by atoms with E-state index in [1.807, 2.05) is 49.6 Å². The van der Waals surface area contributed by atoms with Gasteiger partial charge in [-0.2, -0.15) is 0 Å². The molecule has 32 heavy (non-hydrogen) atoms. The third kappa shape index (κ3) is 4.97. The summed E-state index contributed by atoms with van der Waals surface area (Å²) in [7, 11) is 0. The Kier molecular flexibility index (Phi) is 6.81. The van der Waals surface area contributed by atoms with Gasteiger partial charge in [0.15, 0.2) is 5.16 Å². The number of nitrogens with zero attached hydrogens (tertiary/aromatic N) is 4. The number of anilines is 2. The predicted molar refractivity (Wildman–Crippen MR) is 129 cm³/mol. The van der Waals surface area contributed by atoms with Gasteiger partial charge in [0.05, 0.1) is 24.2 Å². The number of nitrogens with one attached hydrogen (secondary N) is 1. The number of rotatable bonds is 6. The van der Waals surface area contributed by atoms with Gasteiger partial charge in [0.1, 0.15) is 0 Å². The highest BCUT2D eigenvalue weighted by Crippen LogP contribution is 2.30. The van der Waals surface area contributed by atoms with Crippen LogP contribution in [0, 0.1) is 20.8 Å². The number of carbonyl (C=O) groups excluding carboxylic acids is 1. The van der Waals surface area contributed by atoms with Crippen LogP contribution in [0.2, 0.25) is 0 Å². The first-order valence-corrected chi connectivity index (χ1v) is 11.7. The first-order valence-electron chi connectivity index (χ1n) is 10.8. The predicted octanol–water partition coefficient (Wildman–Crippen LogP) is 4.15. The van der Waals surface area contributed by atoms with Gasteiger partial charge in [-0.25, -0.2) is 0 Å². The summed E-state index contributed by atoms with van der Waals surface area (Å²) in [6, 6.07) is 14.3. The van der Waals surface area contributed by atoms with Gasteiger partial charge in [0, 0.05) is 18.8 Å². The molecule has 1 N–H and O–H groups in total. The standard InChI is InChI=1S/C24H29N5O2S/c1-16-6-5-7-20(15-16)29-23(28-10-12-31-13-11-28)26-27-24(29)32-19(4)22(30)25-21-9-8-17(2)14-18(21)3/h5-9,14-15,19H,10-13H2,1-4H3,(H,25,30). The molecule has 8 heteroatoms. The molecule has 1 fully saturated rings. The van der Waals surface area contributed by atoms with E-state index in [4.69, 9.17) is 4.74 Å². The fourth-order valence-electron chi connectivity index (χ4n) is 3.70. The highest BCUT2D eigenvalue weighted by molar-refractivity contribution is 8.00. The minimum atomic E-state index is -0.346. The van der Waals surface area contributed by atoms with Gasteiger partial charge in [0.25, 0.3) is 0 Å². The number of ether oxygens (including phenoxy) is 1. The molecule has 3 aromatic rings. The molecule has 7 nitrogen and oxygen atoms in total. The quantitative estimate of drug-likeness (QED) is 0.568. The molecule has 0 aliphatic carbocycles. The molecule has 1 aromatic heterocycles. The van der Waals surface area contributed by atoms with E-state index in [1.165, 1.54) is 17.3 Å². The summed E-state index contributed by atoms with van der Waals surface area (Å²) in [5.41, 5.74) is 5.20. The lowest BCUT2D eigenvalue weighted by Gasteiger charge is -2.28. The number of amides is 1. The maximum Gasteiger partial charge on any atom is 0.237 e. The Bertz CT molecular complexity index is 1110. The monoisotopic (exact) mass is 451 g/mol. The Morgan fingerprint density at radius 1 is 1.06 bits per heavy atom. The number of carbonyl (C=O) groups is 1. The number of benzene rings is 2. The Morgan fingerprint density at radius 2 is 1.81 bits per heavy atom. The van der Waals surface area contributed by atoms with Crippen LogP contribution in [0.3, 0.4) is 0 Å². The van der Waals surface area contributed by atoms with Crippen molar-refractivity contribution in [2.75, 3.05) is 36.5 Å². The SMILES string of the molecule is Cc1cccc(-n2c(SC(C)C(=O)Nc3ccc(C)cc3C)nnc2N2CCOCC2)c1. The zero-order valence-corrected chi connectivity index (χ0v) is 19.8. The van der Waals surface area contributed by atoms with Gasteiger partial charge < -0.3 is 15.0 Å². The molecule has 168 valence electrons. The van der Waals surface area contributed by atoms with Gasteiger partial charge in [0.2, 0.25) is 11.9 Å². The highest BCUT2D eigenvalue weighted by atomic mass is 32.2. The fraction of sp³-hybridized carbons (Fsp3) is 0.375. The number of thioether (sulfide) groups is 1. The summed E-state index contributed by atoms with van der Waals surface area (Å²) in [6.45, 7) is 10.9. The van der Waals surface area contributed by atoms with Crippen LogP contribution in [0.15, 0.2) is 47.6 Å². The van der Waals surface area contributed by atoms with E-state index in [1.54, 1.807) is 0 Å². The van der Waals surface area contributed by atoms with E-state index in [-0.39, 0.29) is 11.2 Å². The summed E-state index contributed by atoms with van der Waals surface area (Å²) in [6.07, 6.45) is 0. The van der Waals surface area contributed by atoms with Crippen LogP contribution in [-0.2, 0) is 9.53 Å². The maximum atomic E-state index is 12.9. The van der Waals surface area contributed by atoms with E-state index in [9.17, 15) is 4.79 Å². The number of hydrogen-bond donors (Lipinski definition) is 1. The first-order chi connectivity index (χ1) is 15.4. The smallest absolute Gasteiger partial charge is 0.237 e. The van der Waals surface area contributed by atoms with Crippen LogP contribution in [0.5, 0.6) is 0 Å². The summed E-state index contributed by atoms with van der Waals surface area (Å²) in [5.74, 6) is 0.719. The zero-order valence-electron chi connectivity index (χ0n) is 19.0. The van der Waals surface area contributed by atoms with Crippen molar-refractivity contribution < 1.29 is 9.53 Å². The number of aromatic nitrogens is 3. The molecule has 1 saturated heterocycles. The molecule has 2 aromatic carbocycles. The molecule has 1 aliphatic rings. The van der Waals surface area contributed by atoms with Gasteiger partial charge in [-0.1, -0.05) is 41.6 Å². The molecule has 2 heterocycles. The topological polar surface area (TPSA) is 72.3 Å². The van der Waals surface area contributed by atoms with Crippen molar-refractivity contribution >= 4 is 29.3 Å². The molecular formula is C24H29N5O2S. The molecule has 0 spiro atoms. The Morgan fingerprint density at radius 3 is 2.53 bits per heavy atom. The normalized spacial score (nSPS) is 14.9. The van der Waals surface area contributed by atoms with Crippen molar-refractivity contribution in [2.24, 2.45) is 0 Å². The van der Waals surface area contributed by atoms with Crippen molar-refractivity contribution in [1.82, 2.24) is 14.8 Å². The van der Waals surface area contributed by atoms with E-state index in [2.05, 4.69) is 45.5 Å². The van der Waals surface area contributed by atoms with E-state index < -0.39 is 0 Å². The largest absolute Gasteiger partial charge is 0.378 e. The van der Waals surface area contributed by atoms with Crippen LogP contribution in [-0.4, -0.2) is 52.2 Å². The Balaban J connectivity index is 1.59. The van der Waals surface area contributed by atoms with Crippen LogP contribution in [0.4, 0.5) is 11.6 Å². The van der Waals surface area contributed by atoms with E-state index in [0.29, 0.717) is 18.4 Å². The molecule has 0 bridgehead atoms. The lowest BCUT2D eigenvalue weighted by atomic mass is 10.1. The summed E-state index contributed by atoms with van der Waals surface area (Å²) in [4.78, 5) is 15.1. The van der Waals surface area contributed by atoms with Crippen molar-refractivity contribution in [3.63, 3.8) is 0 Å². The maximum absolute atomic E-state index is 12.9. The molecule has 1 aliphatic heterocycles. The van der Waals surface area contributed by atoms with Gasteiger partial charge in [-0.05, 0) is 57.0 Å². The van der Waals surface area contributed by atoms with Crippen molar-refractivity contribution in [3.8, 4) is 5.69 Å². The average Bonchev–Trinajstić information content (AvgIpc) is 3.19. The second-order valence-corrected chi connectivity index (χ2v) is 9.43. The average molecular weight is 452 g/mol. The summed E-state index contributed by atoms with van der Waals surface area (Å²) < 4.78 is 7.55. The van der Waals surface area contributed by atoms with Crippen LogP contribution < -0.4 is 10.2 Å². The second kappa shape index (κ2) is 9.75. The lowest BCUT2D eigenvalue weighted by molar-refractivity contribution is -0.115. The molecule has 0 saturated carbocycles. The van der Waals surface area contributed by atoms with E-state index in [0.717, 1.165) is 41.5 Å². The third-order valence-corrected chi connectivity index (χ3v) is 6.50. The zero-order chi connectivity index (χ0) is 22.7. The van der Waals surface area contributed by atoms with Crippen LogP contribution in [0.1, 0.15) is 23.6 Å². The minimum Gasteiger partial charge on any atom is -0.378 e.